The van der Waals surface area contributed by atoms with Gasteiger partial charge in [0, 0.05) is 12.6 Å². The van der Waals surface area contributed by atoms with Crippen LogP contribution in [0.15, 0.2) is 30.3 Å². The molecule has 0 amide bonds. The molecule has 1 aliphatic heterocycles. The van der Waals surface area contributed by atoms with Crippen molar-refractivity contribution < 1.29 is 0 Å². The zero-order valence-electron chi connectivity index (χ0n) is 11.9. The second kappa shape index (κ2) is 6.53. The second-order valence-corrected chi connectivity index (χ2v) is 6.22. The van der Waals surface area contributed by atoms with Crippen LogP contribution in [-0.2, 0) is 6.54 Å². The number of benzene rings is 1. The molecule has 3 rings (SSSR count). The van der Waals surface area contributed by atoms with Crippen molar-refractivity contribution in [3.63, 3.8) is 0 Å². The zero-order chi connectivity index (χ0) is 12.9. The number of likely N-dealkylation sites (tertiary alicyclic amines) is 1. The highest BCUT2D eigenvalue weighted by Gasteiger charge is 2.22. The van der Waals surface area contributed by atoms with Crippen molar-refractivity contribution in [1.82, 2.24) is 10.2 Å². The highest BCUT2D eigenvalue weighted by atomic mass is 15.1. The van der Waals surface area contributed by atoms with Crippen LogP contribution in [0.25, 0.3) is 0 Å². The molecule has 0 spiro atoms. The van der Waals surface area contributed by atoms with E-state index >= 15 is 0 Å². The summed E-state index contributed by atoms with van der Waals surface area (Å²) in [5, 5.41) is 3.75. The van der Waals surface area contributed by atoms with E-state index < -0.39 is 0 Å². The van der Waals surface area contributed by atoms with Crippen LogP contribution in [-0.4, -0.2) is 30.6 Å². The molecule has 1 aromatic rings. The molecule has 0 atom stereocenters. The van der Waals surface area contributed by atoms with Crippen molar-refractivity contribution in [3.8, 4) is 0 Å². The van der Waals surface area contributed by atoms with E-state index in [1.165, 1.54) is 57.3 Å². The van der Waals surface area contributed by atoms with Crippen molar-refractivity contribution in [2.75, 3.05) is 19.6 Å². The Balaban J connectivity index is 1.34. The second-order valence-electron chi connectivity index (χ2n) is 6.22. The largest absolute Gasteiger partial charge is 0.314 e. The van der Waals surface area contributed by atoms with Crippen molar-refractivity contribution in [3.05, 3.63) is 35.9 Å². The fraction of sp³-hybridized carbons (Fsp3) is 0.647. The molecule has 1 saturated carbocycles. The SMILES string of the molecule is c1ccc(CN2CCC(NCCC3CC3)CC2)cc1. The summed E-state index contributed by atoms with van der Waals surface area (Å²) in [6.07, 6.45) is 7.01. The maximum atomic E-state index is 3.75. The molecule has 1 saturated heterocycles. The van der Waals surface area contributed by atoms with Crippen molar-refractivity contribution in [2.45, 2.75) is 44.7 Å². The molecule has 1 N–H and O–H groups in total. The van der Waals surface area contributed by atoms with E-state index in [0.29, 0.717) is 0 Å². The number of hydrogen-bond acceptors (Lipinski definition) is 2. The summed E-state index contributed by atoms with van der Waals surface area (Å²) in [6, 6.07) is 11.6. The normalized spacial score (nSPS) is 21.7. The highest BCUT2D eigenvalue weighted by Crippen LogP contribution is 2.31. The summed E-state index contributed by atoms with van der Waals surface area (Å²) in [7, 11) is 0. The third-order valence-electron chi connectivity index (χ3n) is 4.52. The highest BCUT2D eigenvalue weighted by molar-refractivity contribution is 5.14. The Hall–Kier alpha value is -0.860. The first-order valence-corrected chi connectivity index (χ1v) is 7.90. The van der Waals surface area contributed by atoms with Gasteiger partial charge >= 0.3 is 0 Å². The van der Waals surface area contributed by atoms with Gasteiger partial charge in [-0.3, -0.25) is 4.90 Å². The van der Waals surface area contributed by atoms with Gasteiger partial charge in [0.1, 0.15) is 0 Å². The molecule has 104 valence electrons. The van der Waals surface area contributed by atoms with Crippen molar-refractivity contribution >= 4 is 0 Å². The molecule has 2 fully saturated rings. The maximum absolute atomic E-state index is 3.75. The maximum Gasteiger partial charge on any atom is 0.0233 e. The summed E-state index contributed by atoms with van der Waals surface area (Å²) in [5.41, 5.74) is 1.45. The van der Waals surface area contributed by atoms with Crippen LogP contribution < -0.4 is 5.32 Å². The predicted octanol–water partition coefficient (Wildman–Crippen LogP) is 3.04. The molecule has 19 heavy (non-hydrogen) atoms. The fourth-order valence-corrected chi connectivity index (χ4v) is 3.03. The van der Waals surface area contributed by atoms with E-state index in [4.69, 9.17) is 0 Å². The summed E-state index contributed by atoms with van der Waals surface area (Å²) >= 11 is 0. The van der Waals surface area contributed by atoms with Crippen molar-refractivity contribution in [2.24, 2.45) is 5.92 Å². The summed E-state index contributed by atoms with van der Waals surface area (Å²) in [5.74, 6) is 1.06. The predicted molar refractivity (Wildman–Crippen MR) is 80.1 cm³/mol. The quantitative estimate of drug-likeness (QED) is 0.843. The zero-order valence-corrected chi connectivity index (χ0v) is 11.9. The lowest BCUT2D eigenvalue weighted by molar-refractivity contribution is 0.190. The van der Waals surface area contributed by atoms with Gasteiger partial charge in [-0.25, -0.2) is 0 Å². The van der Waals surface area contributed by atoms with E-state index in [9.17, 15) is 0 Å². The van der Waals surface area contributed by atoms with Gasteiger partial charge in [0.15, 0.2) is 0 Å². The molecule has 1 heterocycles. The smallest absolute Gasteiger partial charge is 0.0233 e. The van der Waals surface area contributed by atoms with Crippen LogP contribution in [0.5, 0.6) is 0 Å². The van der Waals surface area contributed by atoms with E-state index in [1.54, 1.807) is 0 Å². The number of hydrogen-bond donors (Lipinski definition) is 1. The van der Waals surface area contributed by atoms with E-state index in [-0.39, 0.29) is 0 Å². The minimum atomic E-state index is 0.769. The van der Waals surface area contributed by atoms with E-state index in [2.05, 4.69) is 40.5 Å². The van der Waals surface area contributed by atoms with E-state index in [0.717, 1.165) is 18.5 Å². The molecular formula is C17H26N2. The molecular weight excluding hydrogens is 232 g/mol. The van der Waals surface area contributed by atoms with Crippen LogP contribution in [0.2, 0.25) is 0 Å². The molecule has 2 aliphatic rings. The van der Waals surface area contributed by atoms with Gasteiger partial charge in [-0.05, 0) is 50.4 Å². The standard InChI is InChI=1S/C17H26N2/c1-2-4-16(5-3-1)14-19-12-9-17(10-13-19)18-11-8-15-6-7-15/h1-5,15,17-18H,6-14H2. The van der Waals surface area contributed by atoms with Crippen LogP contribution >= 0.6 is 0 Å². The average Bonchev–Trinajstić information content (AvgIpc) is 3.26. The van der Waals surface area contributed by atoms with Gasteiger partial charge < -0.3 is 5.32 Å². The van der Waals surface area contributed by atoms with Crippen LogP contribution in [0.3, 0.4) is 0 Å². The number of rotatable bonds is 6. The van der Waals surface area contributed by atoms with Gasteiger partial charge in [0.2, 0.25) is 0 Å². The first kappa shape index (κ1) is 13.1. The van der Waals surface area contributed by atoms with Crippen LogP contribution in [0, 0.1) is 5.92 Å². The number of piperidine rings is 1. The lowest BCUT2D eigenvalue weighted by Crippen LogP contribution is -2.42. The number of nitrogens with zero attached hydrogens (tertiary/aromatic N) is 1. The van der Waals surface area contributed by atoms with Gasteiger partial charge in [0.05, 0.1) is 0 Å². The first-order chi connectivity index (χ1) is 9.40. The van der Waals surface area contributed by atoms with Crippen LogP contribution in [0.1, 0.15) is 37.7 Å². The molecule has 0 unspecified atom stereocenters. The topological polar surface area (TPSA) is 15.3 Å². The van der Waals surface area contributed by atoms with Gasteiger partial charge in [0.25, 0.3) is 0 Å². The third kappa shape index (κ3) is 4.32. The number of nitrogens with one attached hydrogen (secondary N) is 1. The first-order valence-electron chi connectivity index (χ1n) is 7.90. The lowest BCUT2D eigenvalue weighted by atomic mass is 10.0. The van der Waals surface area contributed by atoms with Crippen molar-refractivity contribution in [1.29, 1.82) is 0 Å². The Morgan fingerprint density at radius 2 is 1.74 bits per heavy atom. The Labute approximate surface area is 117 Å². The summed E-state index contributed by atoms with van der Waals surface area (Å²) in [4.78, 5) is 2.59. The molecule has 0 aromatic heterocycles. The molecule has 2 heteroatoms. The summed E-state index contributed by atoms with van der Waals surface area (Å²) in [6.45, 7) is 4.86. The summed E-state index contributed by atoms with van der Waals surface area (Å²) < 4.78 is 0. The Morgan fingerprint density at radius 3 is 2.42 bits per heavy atom. The lowest BCUT2D eigenvalue weighted by Gasteiger charge is -2.32. The molecule has 0 radical (unpaired) electrons. The van der Waals surface area contributed by atoms with Gasteiger partial charge in [-0.2, -0.15) is 0 Å². The minimum Gasteiger partial charge on any atom is -0.314 e. The van der Waals surface area contributed by atoms with E-state index in [1.807, 2.05) is 0 Å². The van der Waals surface area contributed by atoms with Gasteiger partial charge in [-0.15, -0.1) is 0 Å². The van der Waals surface area contributed by atoms with Crippen LogP contribution in [0.4, 0.5) is 0 Å². The van der Waals surface area contributed by atoms with Gasteiger partial charge in [-0.1, -0.05) is 43.2 Å². The molecule has 1 aromatic carbocycles. The Bertz CT molecular complexity index is 364. The average molecular weight is 258 g/mol. The Morgan fingerprint density at radius 1 is 1.00 bits per heavy atom. The monoisotopic (exact) mass is 258 g/mol. The third-order valence-corrected chi connectivity index (χ3v) is 4.52. The molecule has 2 nitrogen and oxygen atoms in total. The fourth-order valence-electron chi connectivity index (χ4n) is 3.03. The molecule has 0 bridgehead atoms. The minimum absolute atomic E-state index is 0.769. The Kier molecular flexibility index (Phi) is 4.52. The molecule has 1 aliphatic carbocycles.